The summed E-state index contributed by atoms with van der Waals surface area (Å²) < 4.78 is 5.30. The minimum Gasteiger partial charge on any atom is -0.495 e. The van der Waals surface area contributed by atoms with E-state index in [1.54, 1.807) is 13.3 Å². The Bertz CT molecular complexity index is 598. The van der Waals surface area contributed by atoms with E-state index in [-0.39, 0.29) is 0 Å². The molecule has 0 aliphatic heterocycles. The molecule has 1 fully saturated rings. The molecule has 1 heterocycles. The van der Waals surface area contributed by atoms with E-state index in [2.05, 4.69) is 25.8 Å². The van der Waals surface area contributed by atoms with Gasteiger partial charge in [-0.1, -0.05) is 25.0 Å². The van der Waals surface area contributed by atoms with Gasteiger partial charge in [0.1, 0.15) is 5.75 Å². The van der Waals surface area contributed by atoms with Crippen LogP contribution in [0.3, 0.4) is 0 Å². The first-order valence-corrected chi connectivity index (χ1v) is 7.21. The second-order valence-corrected chi connectivity index (χ2v) is 5.12. The van der Waals surface area contributed by atoms with Crippen LogP contribution in [0.15, 0.2) is 30.5 Å². The van der Waals surface area contributed by atoms with Gasteiger partial charge in [-0.3, -0.25) is 0 Å². The van der Waals surface area contributed by atoms with E-state index < -0.39 is 0 Å². The van der Waals surface area contributed by atoms with Crippen LogP contribution in [0.4, 0.5) is 17.5 Å². The molecular formula is C15H19N5O. The summed E-state index contributed by atoms with van der Waals surface area (Å²) in [5.74, 6) is 1.96. The Hall–Kier alpha value is -2.37. The van der Waals surface area contributed by atoms with Crippen LogP contribution < -0.4 is 15.4 Å². The van der Waals surface area contributed by atoms with E-state index in [1.165, 1.54) is 25.7 Å². The lowest BCUT2D eigenvalue weighted by Crippen LogP contribution is -2.16. The molecule has 1 aliphatic rings. The zero-order valence-electron chi connectivity index (χ0n) is 12.0. The summed E-state index contributed by atoms with van der Waals surface area (Å²) in [7, 11) is 1.64. The molecule has 3 rings (SSSR count). The molecule has 1 saturated carbocycles. The molecule has 21 heavy (non-hydrogen) atoms. The molecule has 2 N–H and O–H groups in total. The van der Waals surface area contributed by atoms with Crippen LogP contribution >= 0.6 is 0 Å². The minimum atomic E-state index is 0.461. The molecule has 0 amide bonds. The largest absolute Gasteiger partial charge is 0.495 e. The van der Waals surface area contributed by atoms with Crippen molar-refractivity contribution in [2.75, 3.05) is 17.7 Å². The monoisotopic (exact) mass is 285 g/mol. The highest BCUT2D eigenvalue weighted by Gasteiger charge is 2.15. The molecular weight excluding hydrogens is 266 g/mol. The fourth-order valence-electron chi connectivity index (χ4n) is 2.57. The maximum Gasteiger partial charge on any atom is 0.249 e. The van der Waals surface area contributed by atoms with Gasteiger partial charge in [-0.25, -0.2) is 0 Å². The average Bonchev–Trinajstić information content (AvgIpc) is 3.01. The van der Waals surface area contributed by atoms with E-state index in [9.17, 15) is 0 Å². The maximum absolute atomic E-state index is 5.30. The van der Waals surface area contributed by atoms with Crippen molar-refractivity contribution in [3.63, 3.8) is 0 Å². The summed E-state index contributed by atoms with van der Waals surface area (Å²) in [6.07, 6.45) is 6.61. The second-order valence-electron chi connectivity index (χ2n) is 5.12. The third-order valence-corrected chi connectivity index (χ3v) is 3.62. The summed E-state index contributed by atoms with van der Waals surface area (Å²) in [5.41, 5.74) is 0.819. The Morgan fingerprint density at radius 1 is 1.19 bits per heavy atom. The molecule has 0 unspecified atom stereocenters. The highest BCUT2D eigenvalue weighted by molar-refractivity contribution is 5.62. The number of para-hydroxylation sites is 2. The molecule has 1 aliphatic carbocycles. The number of anilines is 3. The summed E-state index contributed by atoms with van der Waals surface area (Å²) in [5, 5.41) is 14.6. The van der Waals surface area contributed by atoms with Gasteiger partial charge in [0.15, 0.2) is 5.82 Å². The summed E-state index contributed by atoms with van der Waals surface area (Å²) in [6, 6.07) is 8.15. The molecule has 0 radical (unpaired) electrons. The quantitative estimate of drug-likeness (QED) is 0.880. The van der Waals surface area contributed by atoms with Crippen molar-refractivity contribution in [3.05, 3.63) is 30.5 Å². The molecule has 1 aromatic carbocycles. The first kappa shape index (κ1) is 13.6. The predicted octanol–water partition coefficient (Wildman–Crippen LogP) is 2.98. The van der Waals surface area contributed by atoms with E-state index in [1.807, 2.05) is 24.3 Å². The van der Waals surface area contributed by atoms with Gasteiger partial charge in [-0.05, 0) is 25.0 Å². The van der Waals surface area contributed by atoms with E-state index >= 15 is 0 Å². The number of hydrogen-bond donors (Lipinski definition) is 2. The SMILES string of the molecule is COc1ccccc1Nc1nncc(NC2CCCC2)n1. The number of rotatable bonds is 5. The van der Waals surface area contributed by atoms with E-state index in [0.717, 1.165) is 17.3 Å². The van der Waals surface area contributed by atoms with Gasteiger partial charge in [0.25, 0.3) is 0 Å². The number of ether oxygens (including phenoxy) is 1. The Labute approximate surface area is 124 Å². The Morgan fingerprint density at radius 2 is 2.00 bits per heavy atom. The van der Waals surface area contributed by atoms with Gasteiger partial charge in [0.05, 0.1) is 19.0 Å². The van der Waals surface area contributed by atoms with Crippen molar-refractivity contribution >= 4 is 17.5 Å². The molecule has 0 spiro atoms. The number of aromatic nitrogens is 3. The number of nitrogens with zero attached hydrogens (tertiary/aromatic N) is 3. The highest BCUT2D eigenvalue weighted by atomic mass is 16.5. The third-order valence-electron chi connectivity index (χ3n) is 3.62. The molecule has 6 heteroatoms. The van der Waals surface area contributed by atoms with Crippen LogP contribution in [0.2, 0.25) is 0 Å². The normalized spacial score (nSPS) is 14.9. The lowest BCUT2D eigenvalue weighted by Gasteiger charge is -2.13. The van der Waals surface area contributed by atoms with Gasteiger partial charge < -0.3 is 15.4 Å². The van der Waals surface area contributed by atoms with Gasteiger partial charge in [0.2, 0.25) is 5.95 Å². The van der Waals surface area contributed by atoms with Gasteiger partial charge in [0, 0.05) is 6.04 Å². The van der Waals surface area contributed by atoms with Crippen LogP contribution in [0.25, 0.3) is 0 Å². The van der Waals surface area contributed by atoms with Crippen molar-refractivity contribution in [2.24, 2.45) is 0 Å². The van der Waals surface area contributed by atoms with Crippen molar-refractivity contribution < 1.29 is 4.74 Å². The Balaban J connectivity index is 1.73. The number of nitrogens with one attached hydrogen (secondary N) is 2. The topological polar surface area (TPSA) is 72.0 Å². The first-order valence-electron chi connectivity index (χ1n) is 7.21. The number of hydrogen-bond acceptors (Lipinski definition) is 6. The molecule has 0 saturated heterocycles. The molecule has 110 valence electrons. The predicted molar refractivity (Wildman–Crippen MR) is 82.0 cm³/mol. The molecule has 0 atom stereocenters. The third kappa shape index (κ3) is 3.39. The number of methoxy groups -OCH3 is 1. The fourth-order valence-corrected chi connectivity index (χ4v) is 2.57. The fraction of sp³-hybridized carbons (Fsp3) is 0.400. The molecule has 2 aromatic rings. The zero-order chi connectivity index (χ0) is 14.5. The van der Waals surface area contributed by atoms with Crippen LogP contribution in [-0.2, 0) is 0 Å². The average molecular weight is 285 g/mol. The smallest absolute Gasteiger partial charge is 0.249 e. The Kier molecular flexibility index (Phi) is 4.14. The summed E-state index contributed by atoms with van der Waals surface area (Å²) >= 11 is 0. The molecule has 0 bridgehead atoms. The van der Waals surface area contributed by atoms with Gasteiger partial charge >= 0.3 is 0 Å². The van der Waals surface area contributed by atoms with Crippen LogP contribution in [-0.4, -0.2) is 28.3 Å². The highest BCUT2D eigenvalue weighted by Crippen LogP contribution is 2.26. The molecule has 6 nitrogen and oxygen atoms in total. The summed E-state index contributed by atoms with van der Waals surface area (Å²) in [6.45, 7) is 0. The lowest BCUT2D eigenvalue weighted by molar-refractivity contribution is 0.417. The van der Waals surface area contributed by atoms with Crippen molar-refractivity contribution in [2.45, 2.75) is 31.7 Å². The minimum absolute atomic E-state index is 0.461. The van der Waals surface area contributed by atoms with Crippen LogP contribution in [0.1, 0.15) is 25.7 Å². The first-order chi connectivity index (χ1) is 10.3. The van der Waals surface area contributed by atoms with Crippen LogP contribution in [0, 0.1) is 0 Å². The van der Waals surface area contributed by atoms with Crippen molar-refractivity contribution in [1.82, 2.24) is 15.2 Å². The van der Waals surface area contributed by atoms with Crippen molar-refractivity contribution in [1.29, 1.82) is 0 Å². The summed E-state index contributed by atoms with van der Waals surface area (Å²) in [4.78, 5) is 4.46. The van der Waals surface area contributed by atoms with Crippen LogP contribution in [0.5, 0.6) is 5.75 Å². The van der Waals surface area contributed by atoms with Gasteiger partial charge in [-0.15, -0.1) is 5.10 Å². The van der Waals surface area contributed by atoms with Gasteiger partial charge in [-0.2, -0.15) is 10.1 Å². The number of benzene rings is 1. The Morgan fingerprint density at radius 3 is 2.81 bits per heavy atom. The second kappa shape index (κ2) is 6.39. The van der Waals surface area contributed by atoms with E-state index in [4.69, 9.17) is 4.74 Å². The van der Waals surface area contributed by atoms with Crippen molar-refractivity contribution in [3.8, 4) is 5.75 Å². The maximum atomic E-state index is 5.30. The standard InChI is InChI=1S/C15H19N5O/c1-21-13-9-5-4-8-12(13)18-15-19-14(10-16-20-15)17-11-6-2-3-7-11/h4-5,8-11H,2-3,6-7H2,1H3,(H2,17,18,19,20). The van der Waals surface area contributed by atoms with E-state index in [0.29, 0.717) is 12.0 Å². The molecule has 1 aromatic heterocycles. The lowest BCUT2D eigenvalue weighted by atomic mass is 10.2. The zero-order valence-corrected chi connectivity index (χ0v) is 12.0.